The van der Waals surface area contributed by atoms with Gasteiger partial charge in [-0.3, -0.25) is 4.79 Å². The fraction of sp³-hybridized carbons (Fsp3) is 0.188. The minimum absolute atomic E-state index is 0.0255. The maximum absolute atomic E-state index is 11.4. The molecule has 0 radical (unpaired) electrons. The summed E-state index contributed by atoms with van der Waals surface area (Å²) in [6.07, 6.45) is 0. The van der Waals surface area contributed by atoms with Crippen LogP contribution in [0.25, 0.3) is 11.1 Å². The van der Waals surface area contributed by atoms with E-state index in [9.17, 15) is 4.79 Å². The SMILES string of the molecule is COCC(=O)COc1ccccc1-c1ccccc1. The predicted octanol–water partition coefficient (Wildman–Crippen LogP) is 2.95. The third-order valence-corrected chi connectivity index (χ3v) is 2.67. The number of hydrogen-bond donors (Lipinski definition) is 0. The maximum atomic E-state index is 11.4. The van der Waals surface area contributed by atoms with Crippen LogP contribution in [0.5, 0.6) is 5.75 Å². The van der Waals surface area contributed by atoms with Crippen molar-refractivity contribution in [3.8, 4) is 16.9 Å². The van der Waals surface area contributed by atoms with Gasteiger partial charge in [0.25, 0.3) is 0 Å². The van der Waals surface area contributed by atoms with Gasteiger partial charge in [0.05, 0.1) is 0 Å². The van der Waals surface area contributed by atoms with Crippen molar-refractivity contribution >= 4 is 5.78 Å². The fourth-order valence-electron chi connectivity index (χ4n) is 1.81. The van der Waals surface area contributed by atoms with E-state index in [4.69, 9.17) is 9.47 Å². The van der Waals surface area contributed by atoms with Crippen LogP contribution in [0, 0.1) is 0 Å². The smallest absolute Gasteiger partial charge is 0.195 e. The summed E-state index contributed by atoms with van der Waals surface area (Å²) in [6.45, 7) is 0.102. The van der Waals surface area contributed by atoms with Crippen molar-refractivity contribution in [3.05, 3.63) is 54.6 Å². The lowest BCUT2D eigenvalue weighted by molar-refractivity contribution is -0.124. The Bertz CT molecular complexity index is 535. The van der Waals surface area contributed by atoms with E-state index in [-0.39, 0.29) is 19.0 Å². The van der Waals surface area contributed by atoms with Gasteiger partial charge >= 0.3 is 0 Å². The number of hydrogen-bond acceptors (Lipinski definition) is 3. The molecule has 0 atom stereocenters. The highest BCUT2D eigenvalue weighted by Crippen LogP contribution is 2.29. The molecular formula is C16H16O3. The van der Waals surface area contributed by atoms with Gasteiger partial charge in [-0.1, -0.05) is 48.5 Å². The van der Waals surface area contributed by atoms with Crippen molar-refractivity contribution in [2.75, 3.05) is 20.3 Å². The van der Waals surface area contributed by atoms with E-state index in [0.29, 0.717) is 5.75 Å². The minimum Gasteiger partial charge on any atom is -0.485 e. The van der Waals surface area contributed by atoms with Crippen molar-refractivity contribution < 1.29 is 14.3 Å². The van der Waals surface area contributed by atoms with Crippen molar-refractivity contribution in [3.63, 3.8) is 0 Å². The lowest BCUT2D eigenvalue weighted by Gasteiger charge is -2.10. The van der Waals surface area contributed by atoms with Crippen molar-refractivity contribution in [2.45, 2.75) is 0 Å². The van der Waals surface area contributed by atoms with Gasteiger partial charge in [-0.05, 0) is 11.6 Å². The van der Waals surface area contributed by atoms with Gasteiger partial charge in [-0.25, -0.2) is 0 Å². The largest absolute Gasteiger partial charge is 0.485 e. The molecule has 0 aliphatic rings. The van der Waals surface area contributed by atoms with Crippen LogP contribution >= 0.6 is 0 Å². The fourth-order valence-corrected chi connectivity index (χ4v) is 1.81. The Morgan fingerprint density at radius 3 is 2.37 bits per heavy atom. The molecule has 2 aromatic carbocycles. The van der Waals surface area contributed by atoms with Gasteiger partial charge in [-0.2, -0.15) is 0 Å². The average Bonchev–Trinajstić information content (AvgIpc) is 2.47. The van der Waals surface area contributed by atoms with Crippen LogP contribution in [0.15, 0.2) is 54.6 Å². The Hall–Kier alpha value is -2.13. The number of ketones is 1. The number of methoxy groups -OCH3 is 1. The highest BCUT2D eigenvalue weighted by Gasteiger charge is 2.07. The third-order valence-electron chi connectivity index (χ3n) is 2.67. The summed E-state index contributed by atoms with van der Waals surface area (Å²) in [4.78, 5) is 11.4. The molecule has 0 fully saturated rings. The summed E-state index contributed by atoms with van der Waals surface area (Å²) in [5.41, 5.74) is 2.05. The quantitative estimate of drug-likeness (QED) is 0.797. The molecule has 3 nitrogen and oxygen atoms in total. The first-order valence-electron chi connectivity index (χ1n) is 6.09. The minimum atomic E-state index is -0.0784. The van der Waals surface area contributed by atoms with E-state index in [0.717, 1.165) is 11.1 Å². The Labute approximate surface area is 112 Å². The number of carbonyl (C=O) groups excluding carboxylic acids is 1. The molecular weight excluding hydrogens is 240 g/mol. The van der Waals surface area contributed by atoms with Crippen LogP contribution in [0.1, 0.15) is 0 Å². The molecule has 2 rings (SSSR count). The van der Waals surface area contributed by atoms with Crippen LogP contribution in [0.2, 0.25) is 0 Å². The molecule has 0 N–H and O–H groups in total. The Morgan fingerprint density at radius 1 is 0.947 bits per heavy atom. The van der Waals surface area contributed by atoms with Crippen LogP contribution in [-0.2, 0) is 9.53 Å². The van der Waals surface area contributed by atoms with Crippen molar-refractivity contribution in [1.82, 2.24) is 0 Å². The van der Waals surface area contributed by atoms with Crippen LogP contribution < -0.4 is 4.74 Å². The summed E-state index contributed by atoms with van der Waals surface area (Å²) in [6, 6.07) is 17.6. The topological polar surface area (TPSA) is 35.5 Å². The number of rotatable bonds is 6. The van der Waals surface area contributed by atoms with E-state index in [1.165, 1.54) is 7.11 Å². The number of carbonyl (C=O) groups is 1. The first-order valence-corrected chi connectivity index (χ1v) is 6.09. The molecule has 0 saturated carbocycles. The van der Waals surface area contributed by atoms with Gasteiger partial charge in [0.1, 0.15) is 19.0 Å². The molecule has 0 unspecified atom stereocenters. The van der Waals surface area contributed by atoms with Gasteiger partial charge in [0.15, 0.2) is 5.78 Å². The zero-order valence-corrected chi connectivity index (χ0v) is 10.8. The molecule has 0 spiro atoms. The van der Waals surface area contributed by atoms with E-state index in [1.54, 1.807) is 0 Å². The van der Waals surface area contributed by atoms with Crippen LogP contribution in [0.3, 0.4) is 0 Å². The van der Waals surface area contributed by atoms with Gasteiger partial charge in [0.2, 0.25) is 0 Å². The summed E-state index contributed by atoms with van der Waals surface area (Å²) in [5, 5.41) is 0. The number of Topliss-reactive ketones (excluding diaryl/α,β-unsaturated/α-hetero) is 1. The highest BCUT2D eigenvalue weighted by atomic mass is 16.5. The molecule has 19 heavy (non-hydrogen) atoms. The monoisotopic (exact) mass is 256 g/mol. The summed E-state index contributed by atoms with van der Waals surface area (Å²) in [5.74, 6) is 0.628. The van der Waals surface area contributed by atoms with Gasteiger partial charge in [0, 0.05) is 12.7 Å². The Balaban J connectivity index is 2.15. The number of benzene rings is 2. The van der Waals surface area contributed by atoms with E-state index in [1.807, 2.05) is 54.6 Å². The van der Waals surface area contributed by atoms with Gasteiger partial charge in [-0.15, -0.1) is 0 Å². The first kappa shape index (κ1) is 13.3. The van der Waals surface area contributed by atoms with E-state index >= 15 is 0 Å². The van der Waals surface area contributed by atoms with Crippen molar-refractivity contribution in [1.29, 1.82) is 0 Å². The second-order valence-electron chi connectivity index (χ2n) is 4.12. The summed E-state index contributed by atoms with van der Waals surface area (Å²) >= 11 is 0. The maximum Gasteiger partial charge on any atom is 0.195 e. The first-order chi connectivity index (χ1) is 9.31. The number of para-hydroxylation sites is 1. The molecule has 0 aliphatic heterocycles. The summed E-state index contributed by atoms with van der Waals surface area (Å²) < 4.78 is 10.4. The third kappa shape index (κ3) is 3.66. The lowest BCUT2D eigenvalue weighted by Crippen LogP contribution is -2.16. The standard InChI is InChI=1S/C16H16O3/c1-18-11-14(17)12-19-16-10-6-5-9-15(16)13-7-3-2-4-8-13/h2-10H,11-12H2,1H3. The van der Waals surface area contributed by atoms with Gasteiger partial charge < -0.3 is 9.47 Å². The zero-order valence-electron chi connectivity index (χ0n) is 10.8. The molecule has 0 heterocycles. The Morgan fingerprint density at radius 2 is 1.63 bits per heavy atom. The molecule has 0 saturated heterocycles. The predicted molar refractivity (Wildman–Crippen MR) is 74.3 cm³/mol. The highest BCUT2D eigenvalue weighted by molar-refractivity contribution is 5.81. The second kappa shape index (κ2) is 6.71. The van der Waals surface area contributed by atoms with E-state index < -0.39 is 0 Å². The number of ether oxygens (including phenoxy) is 2. The molecule has 0 bridgehead atoms. The average molecular weight is 256 g/mol. The molecule has 0 amide bonds. The second-order valence-corrected chi connectivity index (χ2v) is 4.12. The molecule has 0 aliphatic carbocycles. The summed E-state index contributed by atoms with van der Waals surface area (Å²) in [7, 11) is 1.50. The van der Waals surface area contributed by atoms with Crippen molar-refractivity contribution in [2.24, 2.45) is 0 Å². The molecule has 3 heteroatoms. The van der Waals surface area contributed by atoms with Crippen LogP contribution in [0.4, 0.5) is 0 Å². The molecule has 2 aromatic rings. The Kier molecular flexibility index (Phi) is 4.70. The molecule has 0 aromatic heterocycles. The van der Waals surface area contributed by atoms with Crippen LogP contribution in [-0.4, -0.2) is 26.1 Å². The van der Waals surface area contributed by atoms with E-state index in [2.05, 4.69) is 0 Å². The molecule has 98 valence electrons. The lowest BCUT2D eigenvalue weighted by atomic mass is 10.1. The zero-order chi connectivity index (χ0) is 13.5. The normalized spacial score (nSPS) is 10.2.